The van der Waals surface area contributed by atoms with Gasteiger partial charge in [0.1, 0.15) is 5.01 Å². The molecule has 0 bridgehead atoms. The number of nitrogens with zero attached hydrogens (tertiary/aromatic N) is 1. The molecule has 1 fully saturated rings. The van der Waals surface area contributed by atoms with E-state index >= 15 is 0 Å². The number of thiazole rings is 1. The average Bonchev–Trinajstić information content (AvgIpc) is 2.83. The second-order valence-electron chi connectivity index (χ2n) is 5.38. The first-order valence-electron chi connectivity index (χ1n) is 7.04. The van der Waals surface area contributed by atoms with Gasteiger partial charge in [-0.15, -0.1) is 11.3 Å². The summed E-state index contributed by atoms with van der Waals surface area (Å²) in [7, 11) is 0. The van der Waals surface area contributed by atoms with Crippen molar-refractivity contribution >= 4 is 21.6 Å². The summed E-state index contributed by atoms with van der Waals surface area (Å²) >= 11 is 1.77. The molecule has 3 nitrogen and oxygen atoms in total. The van der Waals surface area contributed by atoms with E-state index in [0.29, 0.717) is 0 Å². The summed E-state index contributed by atoms with van der Waals surface area (Å²) in [6, 6.07) is 8.29. The van der Waals surface area contributed by atoms with Gasteiger partial charge in [-0.1, -0.05) is 12.1 Å². The van der Waals surface area contributed by atoms with Gasteiger partial charge in [0, 0.05) is 6.54 Å². The summed E-state index contributed by atoms with van der Waals surface area (Å²) in [6.07, 6.45) is 4.17. The maximum absolute atomic E-state index is 9.48. The van der Waals surface area contributed by atoms with Crippen molar-refractivity contribution in [3.63, 3.8) is 0 Å². The van der Waals surface area contributed by atoms with Crippen molar-refractivity contribution < 1.29 is 5.11 Å². The second-order valence-corrected chi connectivity index (χ2v) is 6.50. The third-order valence-corrected chi connectivity index (χ3v) is 4.90. The molecule has 0 amide bonds. The molecule has 0 spiro atoms. The van der Waals surface area contributed by atoms with Gasteiger partial charge in [0.25, 0.3) is 0 Å². The van der Waals surface area contributed by atoms with E-state index in [4.69, 9.17) is 0 Å². The zero-order valence-corrected chi connectivity index (χ0v) is 11.8. The fraction of sp³-hybridized carbons (Fsp3) is 0.533. The molecule has 1 aliphatic rings. The van der Waals surface area contributed by atoms with Crippen molar-refractivity contribution in [2.45, 2.75) is 38.3 Å². The van der Waals surface area contributed by atoms with Crippen LogP contribution in [-0.4, -0.2) is 22.7 Å². The summed E-state index contributed by atoms with van der Waals surface area (Å²) < 4.78 is 1.26. The summed E-state index contributed by atoms with van der Waals surface area (Å²) in [5.74, 6) is 0.720. The quantitative estimate of drug-likeness (QED) is 0.902. The van der Waals surface area contributed by atoms with E-state index in [2.05, 4.69) is 28.5 Å². The molecule has 0 atom stereocenters. The van der Waals surface area contributed by atoms with Gasteiger partial charge in [0.2, 0.25) is 0 Å². The third-order valence-electron chi connectivity index (χ3n) is 3.86. The van der Waals surface area contributed by atoms with Crippen LogP contribution >= 0.6 is 11.3 Å². The van der Waals surface area contributed by atoms with Crippen LogP contribution in [0.4, 0.5) is 0 Å². The molecule has 0 saturated heterocycles. The number of fused-ring (bicyclic) bond motifs is 1. The minimum absolute atomic E-state index is 0.0551. The second kappa shape index (κ2) is 5.99. The maximum Gasteiger partial charge on any atom is 0.108 e. The summed E-state index contributed by atoms with van der Waals surface area (Å²) in [6.45, 7) is 1.90. The molecule has 1 heterocycles. The lowest BCUT2D eigenvalue weighted by Gasteiger charge is -2.25. The highest BCUT2D eigenvalue weighted by Gasteiger charge is 2.18. The van der Waals surface area contributed by atoms with Crippen LogP contribution in [0, 0.1) is 5.92 Å². The molecule has 0 unspecified atom stereocenters. The van der Waals surface area contributed by atoms with E-state index in [9.17, 15) is 5.11 Å². The van der Waals surface area contributed by atoms with Crippen molar-refractivity contribution in [1.82, 2.24) is 10.3 Å². The third kappa shape index (κ3) is 3.32. The van der Waals surface area contributed by atoms with E-state index in [1.165, 1.54) is 4.70 Å². The van der Waals surface area contributed by atoms with Crippen LogP contribution in [0.3, 0.4) is 0 Å². The highest BCUT2D eigenvalue weighted by atomic mass is 32.1. The van der Waals surface area contributed by atoms with Crippen LogP contribution < -0.4 is 5.32 Å². The molecular formula is C15H20N2OS. The van der Waals surface area contributed by atoms with Crippen LogP contribution in [0.2, 0.25) is 0 Å². The van der Waals surface area contributed by atoms with Crippen molar-refractivity contribution in [2.24, 2.45) is 5.92 Å². The Morgan fingerprint density at radius 2 is 2.00 bits per heavy atom. The fourth-order valence-corrected chi connectivity index (χ4v) is 3.66. The predicted molar refractivity (Wildman–Crippen MR) is 79.3 cm³/mol. The largest absolute Gasteiger partial charge is 0.393 e. The number of nitrogens with one attached hydrogen (secondary N) is 1. The van der Waals surface area contributed by atoms with Gasteiger partial charge < -0.3 is 10.4 Å². The van der Waals surface area contributed by atoms with Gasteiger partial charge in [0.15, 0.2) is 0 Å². The van der Waals surface area contributed by atoms with Gasteiger partial charge in [-0.25, -0.2) is 4.98 Å². The Labute approximate surface area is 117 Å². The van der Waals surface area contributed by atoms with Gasteiger partial charge in [-0.3, -0.25) is 0 Å². The van der Waals surface area contributed by atoms with E-state index in [1.54, 1.807) is 11.3 Å². The molecule has 1 aromatic heterocycles. The summed E-state index contributed by atoms with van der Waals surface area (Å²) in [4.78, 5) is 4.62. The van der Waals surface area contributed by atoms with Crippen molar-refractivity contribution in [2.75, 3.05) is 6.54 Å². The first kappa shape index (κ1) is 13.0. The van der Waals surface area contributed by atoms with E-state index in [1.807, 2.05) is 6.07 Å². The fourth-order valence-electron chi connectivity index (χ4n) is 2.73. The Bertz CT molecular complexity index is 499. The number of hydrogen-bond acceptors (Lipinski definition) is 4. The zero-order chi connectivity index (χ0) is 13.1. The highest BCUT2D eigenvalue weighted by Crippen LogP contribution is 2.24. The standard InChI is InChI=1S/C15H20N2OS/c18-12-7-5-11(6-8-12)9-16-10-15-17-13-3-1-2-4-14(13)19-15/h1-4,11-12,16,18H,5-10H2. The SMILES string of the molecule is OC1CCC(CNCc2nc3ccccc3s2)CC1. The number of para-hydroxylation sites is 1. The Balaban J connectivity index is 1.49. The number of rotatable bonds is 4. The Kier molecular flexibility index (Phi) is 4.11. The molecule has 0 radical (unpaired) electrons. The zero-order valence-electron chi connectivity index (χ0n) is 11.0. The molecule has 19 heavy (non-hydrogen) atoms. The minimum Gasteiger partial charge on any atom is -0.393 e. The maximum atomic E-state index is 9.48. The smallest absolute Gasteiger partial charge is 0.108 e. The molecule has 102 valence electrons. The van der Waals surface area contributed by atoms with Crippen LogP contribution in [0.5, 0.6) is 0 Å². The molecule has 1 saturated carbocycles. The average molecular weight is 276 g/mol. The number of aliphatic hydroxyl groups excluding tert-OH is 1. The first-order chi connectivity index (χ1) is 9.31. The number of benzene rings is 1. The summed E-state index contributed by atoms with van der Waals surface area (Å²) in [5.41, 5.74) is 1.10. The van der Waals surface area contributed by atoms with E-state index in [-0.39, 0.29) is 6.10 Å². The monoisotopic (exact) mass is 276 g/mol. The van der Waals surface area contributed by atoms with Crippen LogP contribution in [0.25, 0.3) is 10.2 Å². The number of hydrogen-bond donors (Lipinski definition) is 2. The molecule has 4 heteroatoms. The number of aromatic nitrogens is 1. The highest BCUT2D eigenvalue weighted by molar-refractivity contribution is 7.18. The molecular weight excluding hydrogens is 256 g/mol. The van der Waals surface area contributed by atoms with E-state index < -0.39 is 0 Å². The number of aliphatic hydroxyl groups is 1. The minimum atomic E-state index is -0.0551. The van der Waals surface area contributed by atoms with Gasteiger partial charge in [-0.2, -0.15) is 0 Å². The normalized spacial score (nSPS) is 23.8. The van der Waals surface area contributed by atoms with Gasteiger partial charge in [-0.05, 0) is 50.3 Å². The van der Waals surface area contributed by atoms with Gasteiger partial charge >= 0.3 is 0 Å². The Morgan fingerprint density at radius 1 is 1.21 bits per heavy atom. The molecule has 1 aliphatic carbocycles. The molecule has 1 aromatic carbocycles. The molecule has 2 N–H and O–H groups in total. The van der Waals surface area contributed by atoms with Crippen LogP contribution in [0.1, 0.15) is 30.7 Å². The first-order valence-corrected chi connectivity index (χ1v) is 7.86. The Morgan fingerprint density at radius 3 is 2.79 bits per heavy atom. The van der Waals surface area contributed by atoms with Crippen molar-refractivity contribution in [1.29, 1.82) is 0 Å². The lowest BCUT2D eigenvalue weighted by Crippen LogP contribution is -2.27. The lowest BCUT2D eigenvalue weighted by atomic mass is 9.87. The van der Waals surface area contributed by atoms with Crippen LogP contribution in [-0.2, 0) is 6.54 Å². The molecule has 3 rings (SSSR count). The summed E-state index contributed by atoms with van der Waals surface area (Å²) in [5, 5.41) is 14.2. The van der Waals surface area contributed by atoms with Gasteiger partial charge in [0.05, 0.1) is 16.3 Å². The Hall–Kier alpha value is -0.970. The van der Waals surface area contributed by atoms with Crippen molar-refractivity contribution in [3.05, 3.63) is 29.3 Å². The van der Waals surface area contributed by atoms with Crippen molar-refractivity contribution in [3.8, 4) is 0 Å². The topological polar surface area (TPSA) is 45.1 Å². The molecule has 2 aromatic rings. The van der Waals surface area contributed by atoms with E-state index in [0.717, 1.165) is 55.2 Å². The predicted octanol–water partition coefficient (Wildman–Crippen LogP) is 2.94. The van der Waals surface area contributed by atoms with Crippen LogP contribution in [0.15, 0.2) is 24.3 Å². The molecule has 0 aliphatic heterocycles. The lowest BCUT2D eigenvalue weighted by molar-refractivity contribution is 0.108.